The van der Waals surface area contributed by atoms with Gasteiger partial charge in [0.2, 0.25) is 0 Å². The van der Waals surface area contributed by atoms with Gasteiger partial charge in [0.15, 0.2) is 0 Å². The molecule has 3 rings (SSSR count). The van der Waals surface area contributed by atoms with E-state index in [2.05, 4.69) is 13.8 Å². The van der Waals surface area contributed by atoms with Crippen molar-refractivity contribution in [2.45, 2.75) is 32.4 Å². The summed E-state index contributed by atoms with van der Waals surface area (Å²) in [5.74, 6) is -0.153. The second kappa shape index (κ2) is 6.52. The second-order valence-corrected chi connectivity index (χ2v) is 8.15. The molecular formula is C20H21FO2S. The van der Waals surface area contributed by atoms with Gasteiger partial charge in [0.25, 0.3) is 0 Å². The molecule has 0 spiro atoms. The fraction of sp³-hybridized carbons (Fsp3) is 0.300. The number of hydrogen-bond donors (Lipinski definition) is 1. The van der Waals surface area contributed by atoms with Gasteiger partial charge in [-0.05, 0) is 58.2 Å². The first kappa shape index (κ1) is 16.9. The number of rotatable bonds is 4. The largest absolute Gasteiger partial charge is 0.232 e. The summed E-state index contributed by atoms with van der Waals surface area (Å²) in [6.07, 6.45) is 1.90. The van der Waals surface area contributed by atoms with Gasteiger partial charge >= 0.3 is 0 Å². The van der Waals surface area contributed by atoms with E-state index >= 15 is 0 Å². The van der Waals surface area contributed by atoms with Gasteiger partial charge in [-0.15, -0.1) is 0 Å². The summed E-state index contributed by atoms with van der Waals surface area (Å²) in [7, 11) is -2.41. The van der Waals surface area contributed by atoms with E-state index in [9.17, 15) is 12.8 Å². The first-order valence-corrected chi connectivity index (χ1v) is 9.39. The molecule has 4 heteroatoms. The fourth-order valence-corrected chi connectivity index (χ4v) is 3.91. The van der Waals surface area contributed by atoms with Crippen LogP contribution in [-0.2, 0) is 16.5 Å². The topological polar surface area (TPSA) is 34.1 Å². The molecule has 0 bridgehead atoms. The van der Waals surface area contributed by atoms with Crippen LogP contribution in [0, 0.1) is 11.2 Å². The van der Waals surface area contributed by atoms with Crippen LogP contribution in [-0.4, -0.2) is 8.42 Å². The molecule has 126 valence electrons. The normalized spacial score (nSPS) is 16.8. The van der Waals surface area contributed by atoms with Crippen molar-refractivity contribution in [1.82, 2.24) is 0 Å². The molecule has 24 heavy (non-hydrogen) atoms. The Morgan fingerprint density at radius 2 is 1.33 bits per heavy atom. The van der Waals surface area contributed by atoms with Crippen molar-refractivity contribution in [2.75, 3.05) is 0 Å². The van der Waals surface area contributed by atoms with Crippen molar-refractivity contribution in [3.05, 3.63) is 71.0 Å². The molecule has 0 radical (unpaired) electrons. The van der Waals surface area contributed by atoms with Crippen LogP contribution in [0.3, 0.4) is 0 Å². The van der Waals surface area contributed by atoms with Crippen molar-refractivity contribution >= 4 is 21.9 Å². The van der Waals surface area contributed by atoms with Gasteiger partial charge < -0.3 is 0 Å². The van der Waals surface area contributed by atoms with Crippen LogP contribution in [0.5, 0.6) is 0 Å². The third-order valence-corrected chi connectivity index (χ3v) is 5.11. The highest BCUT2D eigenvalue weighted by molar-refractivity contribution is 7.71. The molecule has 2 aromatic rings. The quantitative estimate of drug-likeness (QED) is 0.818. The zero-order chi connectivity index (χ0) is 17.3. The number of hydrogen-bond acceptors (Lipinski definition) is 2. The van der Waals surface area contributed by atoms with E-state index < -0.39 is 10.7 Å². The second-order valence-electron chi connectivity index (χ2n) is 7.17. The minimum absolute atomic E-state index is 0.0744. The predicted molar refractivity (Wildman–Crippen MR) is 96.7 cm³/mol. The molecule has 0 unspecified atom stereocenters. The predicted octanol–water partition coefficient (Wildman–Crippen LogP) is 4.67. The molecule has 0 fully saturated rings. The van der Waals surface area contributed by atoms with Gasteiger partial charge in [-0.1, -0.05) is 50.2 Å². The number of thiol groups is 1. The molecule has 0 N–H and O–H groups in total. The molecule has 0 amide bonds. The summed E-state index contributed by atoms with van der Waals surface area (Å²) in [6, 6.07) is 14.4. The molecule has 2 aromatic carbocycles. The zero-order valence-electron chi connectivity index (χ0n) is 13.9. The fourth-order valence-electron chi connectivity index (χ4n) is 3.40. The van der Waals surface area contributed by atoms with Crippen LogP contribution in [0.1, 0.15) is 43.4 Å². The Morgan fingerprint density at radius 3 is 1.79 bits per heavy atom. The third-order valence-electron chi connectivity index (χ3n) is 4.48. The molecule has 1 aliphatic rings. The standard InChI is InChI=1S/C20H21FO2S/c1-20(2)11-18(15-5-3-14(4-6-15)13-24(22)23)19(12-20)16-7-9-17(21)10-8-16/h3-10,24H,11-13H2,1-2H3. The average molecular weight is 344 g/mol. The van der Waals surface area contributed by atoms with Crippen molar-refractivity contribution in [3.8, 4) is 0 Å². The highest BCUT2D eigenvalue weighted by Crippen LogP contribution is 2.49. The van der Waals surface area contributed by atoms with Crippen LogP contribution < -0.4 is 0 Å². The molecule has 0 saturated heterocycles. The lowest BCUT2D eigenvalue weighted by molar-refractivity contribution is 0.406. The maximum atomic E-state index is 13.2. The lowest BCUT2D eigenvalue weighted by atomic mass is 9.87. The van der Waals surface area contributed by atoms with Crippen LogP contribution in [0.25, 0.3) is 11.1 Å². The number of halogens is 1. The van der Waals surface area contributed by atoms with Crippen LogP contribution >= 0.6 is 0 Å². The summed E-state index contributed by atoms with van der Waals surface area (Å²) in [6.45, 7) is 4.47. The van der Waals surface area contributed by atoms with Gasteiger partial charge in [0, 0.05) is 0 Å². The van der Waals surface area contributed by atoms with E-state index in [4.69, 9.17) is 0 Å². The molecule has 0 heterocycles. The smallest absolute Gasteiger partial charge is 0.144 e. The highest BCUT2D eigenvalue weighted by Gasteiger charge is 2.31. The Bertz CT molecular complexity index is 836. The molecule has 1 aliphatic carbocycles. The first-order valence-electron chi connectivity index (χ1n) is 8.03. The minimum Gasteiger partial charge on any atom is -0.232 e. The zero-order valence-corrected chi connectivity index (χ0v) is 14.8. The van der Waals surface area contributed by atoms with Crippen molar-refractivity contribution in [3.63, 3.8) is 0 Å². The molecule has 0 aliphatic heterocycles. The number of allylic oxidation sites excluding steroid dienone is 2. The van der Waals surface area contributed by atoms with Gasteiger partial charge in [-0.2, -0.15) is 0 Å². The Labute approximate surface area is 144 Å². The Kier molecular flexibility index (Phi) is 4.59. The summed E-state index contributed by atoms with van der Waals surface area (Å²) >= 11 is 0. The minimum atomic E-state index is -2.41. The Morgan fingerprint density at radius 1 is 0.875 bits per heavy atom. The van der Waals surface area contributed by atoms with Crippen LogP contribution in [0.15, 0.2) is 48.5 Å². The van der Waals surface area contributed by atoms with E-state index in [1.54, 1.807) is 0 Å². The van der Waals surface area contributed by atoms with E-state index in [0.717, 1.165) is 29.5 Å². The summed E-state index contributed by atoms with van der Waals surface area (Å²) in [4.78, 5) is 0. The van der Waals surface area contributed by atoms with E-state index in [1.165, 1.54) is 23.3 Å². The van der Waals surface area contributed by atoms with E-state index in [0.29, 0.717) is 0 Å². The Hall–Kier alpha value is -1.94. The molecule has 0 atom stereocenters. The number of benzene rings is 2. The van der Waals surface area contributed by atoms with Crippen LogP contribution in [0.2, 0.25) is 0 Å². The van der Waals surface area contributed by atoms with E-state index in [-0.39, 0.29) is 17.0 Å². The molecule has 2 nitrogen and oxygen atoms in total. The SMILES string of the molecule is CC1(C)CC(c2ccc(F)cc2)=C(c2ccc(C[SH](=O)=O)cc2)C1. The van der Waals surface area contributed by atoms with Crippen molar-refractivity contribution < 1.29 is 12.8 Å². The summed E-state index contributed by atoms with van der Waals surface area (Å²) < 4.78 is 34.9. The lowest BCUT2D eigenvalue weighted by Crippen LogP contribution is -2.05. The first-order chi connectivity index (χ1) is 11.3. The maximum Gasteiger partial charge on any atom is 0.144 e. The highest BCUT2D eigenvalue weighted by atomic mass is 32.2. The van der Waals surface area contributed by atoms with Gasteiger partial charge in [-0.25, -0.2) is 12.8 Å². The van der Waals surface area contributed by atoms with Gasteiger partial charge in [0.05, 0.1) is 5.75 Å². The van der Waals surface area contributed by atoms with Crippen molar-refractivity contribution in [1.29, 1.82) is 0 Å². The maximum absolute atomic E-state index is 13.2. The molecular weight excluding hydrogens is 323 g/mol. The van der Waals surface area contributed by atoms with Crippen LogP contribution in [0.4, 0.5) is 4.39 Å². The molecule has 0 saturated carbocycles. The van der Waals surface area contributed by atoms with E-state index in [1.807, 2.05) is 36.4 Å². The average Bonchev–Trinajstić information content (AvgIpc) is 2.84. The third kappa shape index (κ3) is 3.75. The van der Waals surface area contributed by atoms with Crippen molar-refractivity contribution in [2.24, 2.45) is 5.41 Å². The summed E-state index contributed by atoms with van der Waals surface area (Å²) in [5.41, 5.74) is 5.66. The Balaban J connectivity index is 2.00. The molecule has 0 aromatic heterocycles. The van der Waals surface area contributed by atoms with Gasteiger partial charge in [-0.3, -0.25) is 0 Å². The summed E-state index contributed by atoms with van der Waals surface area (Å²) in [5, 5.41) is 0. The van der Waals surface area contributed by atoms with Gasteiger partial charge in [0.1, 0.15) is 16.5 Å². The lowest BCUT2D eigenvalue weighted by Gasteiger charge is -2.17. The monoisotopic (exact) mass is 344 g/mol.